The summed E-state index contributed by atoms with van der Waals surface area (Å²) in [6, 6.07) is 2.10. The number of methoxy groups -OCH3 is 1. The summed E-state index contributed by atoms with van der Waals surface area (Å²) in [4.78, 5) is 11.9. The SMILES string of the molecule is CCCNc1cc(N2CCCC(OC)C2)nc(C2CC2)n1. The predicted molar refractivity (Wildman–Crippen MR) is 85.0 cm³/mol. The zero-order valence-corrected chi connectivity index (χ0v) is 13.1. The molecule has 2 aliphatic rings. The number of nitrogens with one attached hydrogen (secondary N) is 1. The zero-order chi connectivity index (χ0) is 14.7. The smallest absolute Gasteiger partial charge is 0.136 e. The van der Waals surface area contributed by atoms with Crippen molar-refractivity contribution in [2.24, 2.45) is 0 Å². The zero-order valence-electron chi connectivity index (χ0n) is 13.1. The van der Waals surface area contributed by atoms with Crippen molar-refractivity contribution in [2.45, 2.75) is 51.0 Å². The highest BCUT2D eigenvalue weighted by atomic mass is 16.5. The van der Waals surface area contributed by atoms with Gasteiger partial charge in [-0.2, -0.15) is 0 Å². The minimum atomic E-state index is 0.324. The first-order valence-electron chi connectivity index (χ1n) is 8.20. The Hall–Kier alpha value is -1.36. The van der Waals surface area contributed by atoms with Crippen molar-refractivity contribution in [3.8, 4) is 0 Å². The molecule has 116 valence electrons. The van der Waals surface area contributed by atoms with E-state index in [9.17, 15) is 0 Å². The summed E-state index contributed by atoms with van der Waals surface area (Å²) in [6.07, 6.45) is 6.21. The first kappa shape index (κ1) is 14.6. The number of hydrogen-bond acceptors (Lipinski definition) is 5. The normalized spacial score (nSPS) is 22.4. The van der Waals surface area contributed by atoms with Crippen LogP contribution in [0.3, 0.4) is 0 Å². The molecule has 1 aromatic heterocycles. The van der Waals surface area contributed by atoms with Gasteiger partial charge in [0.05, 0.1) is 6.10 Å². The fourth-order valence-corrected chi connectivity index (χ4v) is 2.82. The van der Waals surface area contributed by atoms with E-state index in [4.69, 9.17) is 9.72 Å². The number of hydrogen-bond donors (Lipinski definition) is 1. The first-order valence-corrected chi connectivity index (χ1v) is 8.20. The van der Waals surface area contributed by atoms with Crippen molar-refractivity contribution in [2.75, 3.05) is 37.0 Å². The Kier molecular flexibility index (Phi) is 4.58. The summed E-state index contributed by atoms with van der Waals surface area (Å²) in [5, 5.41) is 3.41. The third-order valence-corrected chi connectivity index (χ3v) is 4.26. The lowest BCUT2D eigenvalue weighted by Gasteiger charge is -2.33. The predicted octanol–water partition coefficient (Wildman–Crippen LogP) is 2.79. The largest absolute Gasteiger partial charge is 0.380 e. The van der Waals surface area contributed by atoms with Crippen LogP contribution < -0.4 is 10.2 Å². The summed E-state index contributed by atoms with van der Waals surface area (Å²) in [7, 11) is 1.80. The summed E-state index contributed by atoms with van der Waals surface area (Å²) >= 11 is 0. The molecule has 1 N–H and O–H groups in total. The Morgan fingerprint density at radius 2 is 2.19 bits per heavy atom. The van der Waals surface area contributed by atoms with Gasteiger partial charge < -0.3 is 15.0 Å². The van der Waals surface area contributed by atoms with Crippen molar-refractivity contribution in [3.63, 3.8) is 0 Å². The first-order chi connectivity index (χ1) is 10.3. The molecule has 0 amide bonds. The topological polar surface area (TPSA) is 50.3 Å². The lowest BCUT2D eigenvalue weighted by Crippen LogP contribution is -2.39. The summed E-state index contributed by atoms with van der Waals surface area (Å²) in [6.45, 7) is 5.13. The van der Waals surface area contributed by atoms with Crippen LogP contribution in [0.25, 0.3) is 0 Å². The molecule has 0 bridgehead atoms. The van der Waals surface area contributed by atoms with Crippen LogP contribution >= 0.6 is 0 Å². The molecule has 2 fully saturated rings. The van der Waals surface area contributed by atoms with Crippen molar-refractivity contribution < 1.29 is 4.74 Å². The average molecular weight is 290 g/mol. The molecule has 2 heterocycles. The molecule has 5 nitrogen and oxygen atoms in total. The molecule has 1 aliphatic carbocycles. The lowest BCUT2D eigenvalue weighted by molar-refractivity contribution is 0.0891. The van der Waals surface area contributed by atoms with E-state index in [2.05, 4.69) is 28.2 Å². The molecule has 21 heavy (non-hydrogen) atoms. The van der Waals surface area contributed by atoms with E-state index in [-0.39, 0.29) is 0 Å². The van der Waals surface area contributed by atoms with Crippen LogP contribution in [-0.4, -0.2) is 42.8 Å². The van der Waals surface area contributed by atoms with Gasteiger partial charge in [0.1, 0.15) is 17.5 Å². The van der Waals surface area contributed by atoms with Crippen LogP contribution in [0.2, 0.25) is 0 Å². The quantitative estimate of drug-likeness (QED) is 0.873. The molecule has 1 aromatic rings. The van der Waals surface area contributed by atoms with Crippen LogP contribution in [0.1, 0.15) is 50.8 Å². The Labute approximate surface area is 127 Å². The molecule has 0 radical (unpaired) electrons. The summed E-state index contributed by atoms with van der Waals surface area (Å²) in [5.41, 5.74) is 0. The minimum absolute atomic E-state index is 0.324. The number of nitrogens with zero attached hydrogens (tertiary/aromatic N) is 3. The highest BCUT2D eigenvalue weighted by Crippen LogP contribution is 2.39. The second-order valence-electron chi connectivity index (χ2n) is 6.12. The van der Waals surface area contributed by atoms with E-state index in [1.807, 2.05) is 0 Å². The van der Waals surface area contributed by atoms with E-state index >= 15 is 0 Å². The highest BCUT2D eigenvalue weighted by molar-refractivity contribution is 5.50. The van der Waals surface area contributed by atoms with E-state index in [1.165, 1.54) is 19.3 Å². The van der Waals surface area contributed by atoms with Crippen LogP contribution in [0.4, 0.5) is 11.6 Å². The van der Waals surface area contributed by atoms with Crippen LogP contribution in [0.15, 0.2) is 6.07 Å². The molecular weight excluding hydrogens is 264 g/mol. The third kappa shape index (κ3) is 3.64. The second-order valence-corrected chi connectivity index (χ2v) is 6.12. The summed E-state index contributed by atoms with van der Waals surface area (Å²) < 4.78 is 5.53. The Morgan fingerprint density at radius 1 is 1.33 bits per heavy atom. The Bertz CT molecular complexity index is 475. The van der Waals surface area contributed by atoms with Crippen molar-refractivity contribution in [1.82, 2.24) is 9.97 Å². The van der Waals surface area contributed by atoms with E-state index < -0.39 is 0 Å². The van der Waals surface area contributed by atoms with E-state index in [1.54, 1.807) is 7.11 Å². The molecule has 1 aliphatic heterocycles. The molecule has 1 saturated heterocycles. The van der Waals surface area contributed by atoms with Gasteiger partial charge in [0.2, 0.25) is 0 Å². The molecule has 3 rings (SSSR count). The van der Waals surface area contributed by atoms with Crippen molar-refractivity contribution >= 4 is 11.6 Å². The number of rotatable bonds is 6. The van der Waals surface area contributed by atoms with Gasteiger partial charge in [-0.25, -0.2) is 9.97 Å². The maximum atomic E-state index is 5.53. The fourth-order valence-electron chi connectivity index (χ4n) is 2.82. The number of anilines is 2. The Morgan fingerprint density at radius 3 is 2.90 bits per heavy atom. The van der Waals surface area contributed by atoms with Gasteiger partial charge in [0.25, 0.3) is 0 Å². The standard InChI is InChI=1S/C16H26N4O/c1-3-8-17-14-10-15(19-16(18-14)12-6-7-12)20-9-4-5-13(11-20)21-2/h10,12-13H,3-9,11H2,1-2H3,(H,17,18,19). The van der Waals surface area contributed by atoms with Gasteiger partial charge in [-0.1, -0.05) is 6.92 Å². The monoisotopic (exact) mass is 290 g/mol. The molecule has 0 aromatic carbocycles. The lowest BCUT2D eigenvalue weighted by atomic mass is 10.1. The van der Waals surface area contributed by atoms with Crippen molar-refractivity contribution in [3.05, 3.63) is 11.9 Å². The molecule has 0 spiro atoms. The Balaban J connectivity index is 1.80. The number of piperidine rings is 1. The van der Waals surface area contributed by atoms with Crippen LogP contribution in [0.5, 0.6) is 0 Å². The van der Waals surface area contributed by atoms with Gasteiger partial charge in [-0.15, -0.1) is 0 Å². The highest BCUT2D eigenvalue weighted by Gasteiger charge is 2.29. The van der Waals surface area contributed by atoms with Gasteiger partial charge in [-0.05, 0) is 32.1 Å². The van der Waals surface area contributed by atoms with Crippen LogP contribution in [-0.2, 0) is 4.74 Å². The van der Waals surface area contributed by atoms with Gasteiger partial charge in [0.15, 0.2) is 0 Å². The van der Waals surface area contributed by atoms with Gasteiger partial charge in [0, 0.05) is 38.7 Å². The number of aromatic nitrogens is 2. The molecule has 1 unspecified atom stereocenters. The molecular formula is C16H26N4O. The minimum Gasteiger partial charge on any atom is -0.380 e. The fraction of sp³-hybridized carbons (Fsp3) is 0.750. The van der Waals surface area contributed by atoms with E-state index in [0.717, 1.165) is 49.9 Å². The molecule has 5 heteroatoms. The maximum absolute atomic E-state index is 5.53. The van der Waals surface area contributed by atoms with Crippen molar-refractivity contribution in [1.29, 1.82) is 0 Å². The second kappa shape index (κ2) is 6.60. The summed E-state index contributed by atoms with van der Waals surface area (Å²) in [5.74, 6) is 3.64. The number of ether oxygens (including phenoxy) is 1. The van der Waals surface area contributed by atoms with Crippen LogP contribution in [0, 0.1) is 0 Å². The van der Waals surface area contributed by atoms with E-state index in [0.29, 0.717) is 12.0 Å². The molecule has 1 atom stereocenters. The third-order valence-electron chi connectivity index (χ3n) is 4.26. The molecule has 1 saturated carbocycles. The van der Waals surface area contributed by atoms with Gasteiger partial charge >= 0.3 is 0 Å². The average Bonchev–Trinajstić information content (AvgIpc) is 3.37. The van der Waals surface area contributed by atoms with Gasteiger partial charge in [-0.3, -0.25) is 0 Å². The maximum Gasteiger partial charge on any atom is 0.136 e.